The zero-order valence-electron chi connectivity index (χ0n) is 25.5. The minimum atomic E-state index is -0.750. The van der Waals surface area contributed by atoms with Crippen molar-refractivity contribution in [2.24, 2.45) is 5.92 Å². The molecule has 5 N–H and O–H groups in total. The summed E-state index contributed by atoms with van der Waals surface area (Å²) >= 11 is 0. The van der Waals surface area contributed by atoms with Crippen molar-refractivity contribution in [2.75, 3.05) is 37.8 Å². The number of hydrogen-bond acceptors (Lipinski definition) is 8. The number of hydrogen-bond donors (Lipinski definition) is 5. The van der Waals surface area contributed by atoms with Gasteiger partial charge in [-0.1, -0.05) is 13.8 Å². The molecular weight excluding hydrogens is 576 g/mol. The van der Waals surface area contributed by atoms with Crippen molar-refractivity contribution in [1.82, 2.24) is 35.0 Å². The summed E-state index contributed by atoms with van der Waals surface area (Å²) in [6.07, 6.45) is 4.59. The Balaban J connectivity index is 1.36. The Labute approximate surface area is 259 Å². The SMILES string of the molecule is CC(C)CC(O)Nc1cncc(-c2ccc3[nH]nc(-c4nc5nccc(-c6cc(F)cc(NCCN(C)C)c6)c5[nH]4)c3c2F)c1. The maximum atomic E-state index is 16.3. The Morgan fingerprint density at radius 1 is 0.978 bits per heavy atom. The molecule has 6 rings (SSSR count). The number of anilines is 2. The number of fused-ring (bicyclic) bond motifs is 2. The monoisotopic (exact) mass is 611 g/mol. The first kappa shape index (κ1) is 30.1. The minimum Gasteiger partial charge on any atom is -0.384 e. The predicted octanol–water partition coefficient (Wildman–Crippen LogP) is 6.26. The molecule has 6 aromatic rings. The van der Waals surface area contributed by atoms with Crippen LogP contribution in [0.5, 0.6) is 0 Å². The topological polar surface area (TPSA) is 131 Å². The lowest BCUT2D eigenvalue weighted by atomic mass is 10.0. The summed E-state index contributed by atoms with van der Waals surface area (Å²) in [6.45, 7) is 5.50. The molecule has 0 radical (unpaired) electrons. The number of imidazole rings is 1. The summed E-state index contributed by atoms with van der Waals surface area (Å²) in [5.41, 5.74) is 5.19. The fraction of sp³-hybridized carbons (Fsp3) is 0.273. The van der Waals surface area contributed by atoms with Crippen molar-refractivity contribution in [3.63, 3.8) is 0 Å². The first-order valence-corrected chi connectivity index (χ1v) is 14.8. The molecule has 0 saturated carbocycles. The number of aliphatic hydroxyl groups excluding tert-OH is 1. The molecule has 2 aromatic carbocycles. The number of pyridine rings is 2. The van der Waals surface area contributed by atoms with E-state index in [1.54, 1.807) is 42.9 Å². The van der Waals surface area contributed by atoms with Gasteiger partial charge in [-0.25, -0.2) is 18.7 Å². The van der Waals surface area contributed by atoms with Crippen LogP contribution in [0, 0.1) is 17.6 Å². The molecule has 0 aliphatic carbocycles. The molecule has 0 bridgehead atoms. The molecule has 0 aliphatic rings. The van der Waals surface area contributed by atoms with Crippen molar-refractivity contribution in [1.29, 1.82) is 0 Å². The highest BCUT2D eigenvalue weighted by molar-refractivity contribution is 5.98. The smallest absolute Gasteiger partial charge is 0.178 e. The summed E-state index contributed by atoms with van der Waals surface area (Å²) < 4.78 is 31.0. The number of halogens is 2. The molecule has 0 fully saturated rings. The molecule has 0 spiro atoms. The molecule has 4 aromatic heterocycles. The fourth-order valence-corrected chi connectivity index (χ4v) is 5.37. The zero-order valence-corrected chi connectivity index (χ0v) is 25.5. The molecule has 4 heterocycles. The first-order valence-electron chi connectivity index (χ1n) is 14.8. The Morgan fingerprint density at radius 3 is 2.60 bits per heavy atom. The van der Waals surface area contributed by atoms with Gasteiger partial charge >= 0.3 is 0 Å². The van der Waals surface area contributed by atoms with E-state index >= 15 is 4.39 Å². The lowest BCUT2D eigenvalue weighted by Gasteiger charge is -2.16. The molecule has 12 heteroatoms. The largest absolute Gasteiger partial charge is 0.384 e. The Morgan fingerprint density at radius 2 is 1.80 bits per heavy atom. The number of H-pyrrole nitrogens is 2. The highest BCUT2D eigenvalue weighted by Crippen LogP contribution is 2.36. The van der Waals surface area contributed by atoms with E-state index in [-0.39, 0.29) is 16.9 Å². The van der Waals surface area contributed by atoms with Crippen LogP contribution in [0.25, 0.3) is 55.8 Å². The van der Waals surface area contributed by atoms with Crippen LogP contribution >= 0.6 is 0 Å². The van der Waals surface area contributed by atoms with Crippen molar-refractivity contribution in [3.05, 3.63) is 72.7 Å². The second kappa shape index (κ2) is 12.6. The number of nitrogens with zero attached hydrogens (tertiary/aromatic N) is 5. The molecular formula is C33H35F2N9O. The van der Waals surface area contributed by atoms with Crippen molar-refractivity contribution < 1.29 is 13.9 Å². The lowest BCUT2D eigenvalue weighted by molar-refractivity contribution is 0.176. The van der Waals surface area contributed by atoms with Crippen LogP contribution in [-0.4, -0.2) is 73.6 Å². The van der Waals surface area contributed by atoms with Gasteiger partial charge in [0.15, 0.2) is 11.5 Å². The lowest BCUT2D eigenvalue weighted by Crippen LogP contribution is -2.20. The van der Waals surface area contributed by atoms with Gasteiger partial charge in [-0.15, -0.1) is 0 Å². The number of rotatable bonds is 11. The number of aromatic amines is 2. The zero-order chi connectivity index (χ0) is 31.7. The average Bonchev–Trinajstić information content (AvgIpc) is 3.61. The molecule has 232 valence electrons. The third-order valence-corrected chi connectivity index (χ3v) is 7.46. The number of aromatic nitrogens is 6. The van der Waals surface area contributed by atoms with Crippen LogP contribution in [0.3, 0.4) is 0 Å². The second-order valence-corrected chi connectivity index (χ2v) is 11.8. The van der Waals surface area contributed by atoms with E-state index in [9.17, 15) is 9.50 Å². The van der Waals surface area contributed by atoms with E-state index < -0.39 is 12.0 Å². The molecule has 10 nitrogen and oxygen atoms in total. The van der Waals surface area contributed by atoms with Gasteiger partial charge in [0, 0.05) is 47.9 Å². The molecule has 0 aliphatic heterocycles. The van der Waals surface area contributed by atoms with Crippen LogP contribution in [0.4, 0.5) is 20.2 Å². The fourth-order valence-electron chi connectivity index (χ4n) is 5.37. The summed E-state index contributed by atoms with van der Waals surface area (Å²) in [7, 11) is 3.96. The first-order chi connectivity index (χ1) is 21.7. The molecule has 0 amide bonds. The van der Waals surface area contributed by atoms with E-state index in [1.807, 2.05) is 38.9 Å². The summed E-state index contributed by atoms with van der Waals surface area (Å²) in [5.74, 6) is -0.252. The standard InChI is InChI=1S/C33H35F2N9O/c1-18(2)11-27(45)39-23-14-20(16-36-17-23)24-5-6-26-28(29(24)35)31(43-42-26)33-40-30-25(7-8-38-32(30)41-33)19-12-21(34)15-22(13-19)37-9-10-44(3)4/h5-8,12-18,27,37,39,45H,9-11H2,1-4H3,(H,42,43)(H,38,40,41). The van der Waals surface area contributed by atoms with Gasteiger partial charge in [-0.05, 0) is 74.5 Å². The van der Waals surface area contributed by atoms with Gasteiger partial charge in [0.25, 0.3) is 0 Å². The van der Waals surface area contributed by atoms with Gasteiger partial charge in [-0.2, -0.15) is 5.10 Å². The highest BCUT2D eigenvalue weighted by atomic mass is 19.1. The predicted molar refractivity (Wildman–Crippen MR) is 174 cm³/mol. The van der Waals surface area contributed by atoms with Crippen molar-refractivity contribution >= 4 is 33.4 Å². The summed E-state index contributed by atoms with van der Waals surface area (Å²) in [6, 6.07) is 11.8. The van der Waals surface area contributed by atoms with Gasteiger partial charge < -0.3 is 25.6 Å². The van der Waals surface area contributed by atoms with E-state index in [4.69, 9.17) is 0 Å². The van der Waals surface area contributed by atoms with Crippen LogP contribution in [0.1, 0.15) is 20.3 Å². The van der Waals surface area contributed by atoms with Gasteiger partial charge in [-0.3, -0.25) is 10.1 Å². The maximum absolute atomic E-state index is 16.3. The highest BCUT2D eigenvalue weighted by Gasteiger charge is 2.21. The molecule has 1 unspecified atom stereocenters. The third kappa shape index (κ3) is 6.47. The van der Waals surface area contributed by atoms with Crippen LogP contribution in [-0.2, 0) is 0 Å². The number of aliphatic hydroxyl groups is 1. The quantitative estimate of drug-likeness (QED) is 0.109. The number of likely N-dealkylation sites (N-methyl/N-ethyl adjacent to an activating group) is 1. The molecule has 0 saturated heterocycles. The Bertz CT molecular complexity index is 1970. The number of nitrogens with one attached hydrogen (secondary N) is 4. The average molecular weight is 612 g/mol. The Kier molecular flexibility index (Phi) is 8.42. The third-order valence-electron chi connectivity index (χ3n) is 7.46. The normalized spacial score (nSPS) is 12.5. The molecule has 1 atom stereocenters. The maximum Gasteiger partial charge on any atom is 0.178 e. The van der Waals surface area contributed by atoms with E-state index in [1.165, 1.54) is 12.1 Å². The van der Waals surface area contributed by atoms with E-state index in [0.29, 0.717) is 75.0 Å². The summed E-state index contributed by atoms with van der Waals surface area (Å²) in [4.78, 5) is 18.6. The minimum absolute atomic E-state index is 0.254. The van der Waals surface area contributed by atoms with Gasteiger partial charge in [0.1, 0.15) is 23.6 Å². The second-order valence-electron chi connectivity index (χ2n) is 11.8. The van der Waals surface area contributed by atoms with E-state index in [2.05, 4.69) is 40.8 Å². The summed E-state index contributed by atoms with van der Waals surface area (Å²) in [5, 5.41) is 24.2. The van der Waals surface area contributed by atoms with Crippen LogP contribution < -0.4 is 10.6 Å². The van der Waals surface area contributed by atoms with Gasteiger partial charge in [0.05, 0.1) is 28.3 Å². The van der Waals surface area contributed by atoms with E-state index in [0.717, 1.165) is 6.54 Å². The van der Waals surface area contributed by atoms with Crippen molar-refractivity contribution in [2.45, 2.75) is 26.5 Å². The van der Waals surface area contributed by atoms with Crippen LogP contribution in [0.2, 0.25) is 0 Å². The van der Waals surface area contributed by atoms with Crippen molar-refractivity contribution in [3.8, 4) is 33.8 Å². The number of benzene rings is 2. The van der Waals surface area contributed by atoms with Crippen LogP contribution in [0.15, 0.2) is 61.1 Å². The van der Waals surface area contributed by atoms with Gasteiger partial charge in [0.2, 0.25) is 0 Å². The Hall–Kier alpha value is -4.94. The molecule has 45 heavy (non-hydrogen) atoms.